The smallest absolute Gasteiger partial charge is 0.339 e. The van der Waals surface area contributed by atoms with E-state index in [1.54, 1.807) is 12.6 Å². The van der Waals surface area contributed by atoms with E-state index in [0.717, 1.165) is 46.3 Å². The number of ether oxygens (including phenoxy) is 1. The first-order chi connectivity index (χ1) is 18.1. The molecule has 4 heterocycles. The van der Waals surface area contributed by atoms with E-state index in [0.29, 0.717) is 41.4 Å². The van der Waals surface area contributed by atoms with Gasteiger partial charge in [0.25, 0.3) is 0 Å². The average molecular weight is 495 g/mol. The summed E-state index contributed by atoms with van der Waals surface area (Å²) in [5, 5.41) is 0.811. The van der Waals surface area contributed by atoms with Crippen molar-refractivity contribution in [3.05, 3.63) is 77.9 Å². The second-order valence-electron chi connectivity index (χ2n) is 9.39. The van der Waals surface area contributed by atoms with E-state index in [4.69, 9.17) is 19.9 Å². The van der Waals surface area contributed by atoms with Crippen LogP contribution in [0.2, 0.25) is 0 Å². The molecule has 4 aromatic heterocycles. The number of imidazole rings is 1. The van der Waals surface area contributed by atoms with Crippen LogP contribution >= 0.6 is 0 Å². The molecule has 1 aromatic carbocycles. The predicted octanol–water partition coefficient (Wildman–Crippen LogP) is 4.92. The van der Waals surface area contributed by atoms with Gasteiger partial charge < -0.3 is 19.5 Å². The number of furan rings is 1. The number of anilines is 1. The van der Waals surface area contributed by atoms with Crippen LogP contribution in [0.3, 0.4) is 0 Å². The topological polar surface area (TPSA) is 122 Å². The van der Waals surface area contributed by atoms with Crippen molar-refractivity contribution in [1.29, 1.82) is 0 Å². The minimum atomic E-state index is -0.330. The highest BCUT2D eigenvalue weighted by molar-refractivity contribution is 6.06. The Kier molecular flexibility index (Phi) is 5.88. The molecule has 0 amide bonds. The molecule has 0 radical (unpaired) electrons. The monoisotopic (exact) mass is 494 g/mol. The molecule has 9 nitrogen and oxygen atoms in total. The molecule has 1 aliphatic carbocycles. The lowest BCUT2D eigenvalue weighted by atomic mass is 9.81. The van der Waals surface area contributed by atoms with Gasteiger partial charge in [-0.1, -0.05) is 25.1 Å². The Labute approximate surface area is 213 Å². The molecule has 1 atom stereocenters. The van der Waals surface area contributed by atoms with Crippen LogP contribution in [0.5, 0.6) is 0 Å². The molecule has 0 fully saturated rings. The molecular weight excluding hydrogens is 468 g/mol. The summed E-state index contributed by atoms with van der Waals surface area (Å²) in [6.07, 6.45) is 9.01. The van der Waals surface area contributed by atoms with Gasteiger partial charge in [0, 0.05) is 11.9 Å². The Bertz CT molecular complexity index is 1640. The lowest BCUT2D eigenvalue weighted by molar-refractivity contribution is 0.0497. The second kappa shape index (κ2) is 9.50. The number of esters is 1. The minimum Gasteiger partial charge on any atom is -0.465 e. The van der Waals surface area contributed by atoms with E-state index in [2.05, 4.69) is 21.9 Å². The second-order valence-corrected chi connectivity index (χ2v) is 9.39. The zero-order chi connectivity index (χ0) is 25.4. The van der Waals surface area contributed by atoms with E-state index < -0.39 is 0 Å². The van der Waals surface area contributed by atoms with Gasteiger partial charge in [-0.15, -0.1) is 0 Å². The fourth-order valence-electron chi connectivity index (χ4n) is 5.05. The molecule has 0 saturated heterocycles. The third kappa shape index (κ3) is 4.33. The van der Waals surface area contributed by atoms with Crippen molar-refractivity contribution in [2.75, 3.05) is 12.3 Å². The van der Waals surface area contributed by atoms with Gasteiger partial charge in [0.15, 0.2) is 11.5 Å². The zero-order valence-corrected chi connectivity index (χ0v) is 20.4. The first-order valence-corrected chi connectivity index (χ1v) is 12.3. The van der Waals surface area contributed by atoms with Crippen LogP contribution in [0, 0.1) is 5.92 Å². The summed E-state index contributed by atoms with van der Waals surface area (Å²) >= 11 is 0. The number of nitrogens with zero attached hydrogens (tertiary/aromatic N) is 5. The van der Waals surface area contributed by atoms with E-state index in [9.17, 15) is 4.79 Å². The summed E-state index contributed by atoms with van der Waals surface area (Å²) < 4.78 is 13.3. The highest BCUT2D eigenvalue weighted by Gasteiger charge is 2.29. The Morgan fingerprint density at radius 2 is 2.08 bits per heavy atom. The molecule has 0 bridgehead atoms. The largest absolute Gasteiger partial charge is 0.465 e. The Hall–Kier alpha value is -4.53. The molecule has 1 aliphatic rings. The normalized spacial score (nSPS) is 16.4. The number of carbonyl (C=O) groups is 1. The fourth-order valence-corrected chi connectivity index (χ4v) is 5.05. The van der Waals surface area contributed by atoms with Crippen LogP contribution in [0.4, 0.5) is 5.82 Å². The average Bonchev–Trinajstić information content (AvgIpc) is 3.56. The van der Waals surface area contributed by atoms with Gasteiger partial charge in [0.05, 0.1) is 36.0 Å². The van der Waals surface area contributed by atoms with Gasteiger partial charge in [-0.25, -0.2) is 24.7 Å². The molecule has 37 heavy (non-hydrogen) atoms. The molecule has 5 aromatic rings. The van der Waals surface area contributed by atoms with Crippen molar-refractivity contribution in [2.45, 2.75) is 32.7 Å². The Morgan fingerprint density at radius 1 is 1.19 bits per heavy atom. The summed E-state index contributed by atoms with van der Waals surface area (Å²) in [7, 11) is 0. The summed E-state index contributed by atoms with van der Waals surface area (Å²) in [6.45, 7) is 3.03. The summed E-state index contributed by atoms with van der Waals surface area (Å²) in [5.41, 5.74) is 11.3. The van der Waals surface area contributed by atoms with E-state index >= 15 is 0 Å². The molecular formula is C28H26N6O3. The summed E-state index contributed by atoms with van der Waals surface area (Å²) in [5.74, 6) is 1.14. The van der Waals surface area contributed by atoms with Gasteiger partial charge >= 0.3 is 5.97 Å². The number of para-hydroxylation sites is 1. The fraction of sp³-hybridized carbons (Fsp3) is 0.250. The van der Waals surface area contributed by atoms with Crippen LogP contribution in [0.1, 0.15) is 47.1 Å². The van der Waals surface area contributed by atoms with Gasteiger partial charge in [-0.2, -0.15) is 0 Å². The first-order valence-electron chi connectivity index (χ1n) is 12.3. The number of rotatable bonds is 6. The maximum Gasteiger partial charge on any atom is 0.339 e. The molecule has 2 N–H and O–H groups in total. The van der Waals surface area contributed by atoms with E-state index in [1.807, 2.05) is 47.0 Å². The molecule has 186 valence electrons. The maximum absolute atomic E-state index is 13.5. The third-order valence-corrected chi connectivity index (χ3v) is 6.69. The number of carbonyl (C=O) groups excluding carboxylic acids is 1. The Morgan fingerprint density at radius 3 is 2.95 bits per heavy atom. The number of nitrogens with two attached hydrogens (primary N) is 1. The van der Waals surface area contributed by atoms with Crippen LogP contribution in [-0.4, -0.2) is 37.1 Å². The van der Waals surface area contributed by atoms with Crippen molar-refractivity contribution in [3.8, 4) is 0 Å². The van der Waals surface area contributed by atoms with Crippen LogP contribution in [-0.2, 0) is 17.7 Å². The number of hydrogen-bond donors (Lipinski definition) is 1. The van der Waals surface area contributed by atoms with Crippen molar-refractivity contribution in [2.24, 2.45) is 5.92 Å². The summed E-state index contributed by atoms with van der Waals surface area (Å²) in [6, 6.07) is 11.5. The number of fused-ring (bicyclic) bond motifs is 3. The minimum absolute atomic E-state index is 0.259. The van der Waals surface area contributed by atoms with Crippen LogP contribution in [0.15, 0.2) is 59.7 Å². The maximum atomic E-state index is 13.5. The van der Waals surface area contributed by atoms with Crippen molar-refractivity contribution in [3.63, 3.8) is 0 Å². The number of benzene rings is 1. The van der Waals surface area contributed by atoms with Crippen LogP contribution < -0.4 is 5.73 Å². The third-order valence-electron chi connectivity index (χ3n) is 6.69. The standard InChI is InChI=1S/C28H26N6O3/c1-17-12-18(14-19-6-4-10-36-19)24-21(13-17)23(20-7-2-3-8-22(20)33-24)28(35)37-11-5-9-34-16-32-25-26(29)30-15-31-27(25)34/h2-4,6-8,10,14-17H,5,9,11-13H2,1H3,(H2,29,30,31)/b18-14-. The predicted molar refractivity (Wildman–Crippen MR) is 140 cm³/mol. The lowest BCUT2D eigenvalue weighted by Crippen LogP contribution is -2.19. The molecule has 9 heteroatoms. The van der Waals surface area contributed by atoms with Crippen molar-refractivity contribution >= 4 is 45.5 Å². The summed E-state index contributed by atoms with van der Waals surface area (Å²) in [4.78, 5) is 31.0. The van der Waals surface area contributed by atoms with Crippen molar-refractivity contribution in [1.82, 2.24) is 24.5 Å². The number of hydrogen-bond acceptors (Lipinski definition) is 8. The quantitative estimate of drug-likeness (QED) is 0.261. The molecule has 0 aliphatic heterocycles. The molecule has 0 spiro atoms. The van der Waals surface area contributed by atoms with Crippen molar-refractivity contribution < 1.29 is 13.9 Å². The van der Waals surface area contributed by atoms with Gasteiger partial charge in [0.2, 0.25) is 0 Å². The lowest BCUT2D eigenvalue weighted by Gasteiger charge is -2.26. The number of aromatic nitrogens is 5. The van der Waals surface area contributed by atoms with Gasteiger partial charge in [-0.3, -0.25) is 0 Å². The molecule has 0 saturated carbocycles. The van der Waals surface area contributed by atoms with Crippen LogP contribution in [0.25, 0.3) is 33.7 Å². The highest BCUT2D eigenvalue weighted by atomic mass is 16.5. The van der Waals surface area contributed by atoms with Gasteiger partial charge in [0.1, 0.15) is 17.6 Å². The number of pyridine rings is 1. The first kappa shape index (κ1) is 22.9. The number of allylic oxidation sites excluding steroid dienone is 1. The zero-order valence-electron chi connectivity index (χ0n) is 20.4. The van der Waals surface area contributed by atoms with Gasteiger partial charge in [-0.05, 0) is 60.6 Å². The SMILES string of the molecule is CC1C/C(=C/c2ccco2)c2nc3ccccc3c(C(=O)OCCCn3cnc4c(N)ncnc43)c2C1. The molecule has 1 unspecified atom stereocenters. The molecule has 6 rings (SSSR count). The highest BCUT2D eigenvalue weighted by Crippen LogP contribution is 2.38. The number of aryl methyl sites for hydroxylation is 1. The van der Waals surface area contributed by atoms with E-state index in [1.165, 1.54) is 6.33 Å². The Balaban J connectivity index is 1.28. The number of nitrogen functional groups attached to an aromatic ring is 1. The van der Waals surface area contributed by atoms with E-state index in [-0.39, 0.29) is 12.6 Å².